The Morgan fingerprint density at radius 3 is 1.65 bits per heavy atom. The number of rotatable bonds is 7. The molecular formula is C30H19N3O6S. The number of allylic oxidation sites excluding steroid dienone is 1. The Hall–Kier alpha value is -5.58. The Balaban J connectivity index is 1.56. The minimum atomic E-state index is -1.04. The quantitative estimate of drug-likeness (QED) is 0.247. The van der Waals surface area contributed by atoms with Gasteiger partial charge in [0, 0.05) is 17.1 Å². The highest BCUT2D eigenvalue weighted by molar-refractivity contribution is 7.17. The van der Waals surface area contributed by atoms with Crippen LogP contribution in [-0.2, 0) is 0 Å². The van der Waals surface area contributed by atoms with Crippen LogP contribution in [0.5, 0.6) is 11.5 Å². The van der Waals surface area contributed by atoms with E-state index in [-0.39, 0.29) is 16.7 Å². The highest BCUT2D eigenvalue weighted by Gasteiger charge is 2.25. The molecule has 2 N–H and O–H groups in total. The number of anilines is 3. The first kappa shape index (κ1) is 26.0. The lowest BCUT2D eigenvalue weighted by atomic mass is 10.1. The number of fused-ring (bicyclic) bond motifs is 1. The first-order valence-corrected chi connectivity index (χ1v) is 12.7. The molecule has 9 nitrogen and oxygen atoms in total. The summed E-state index contributed by atoms with van der Waals surface area (Å²) in [5.41, 5.74) is 3.18. The van der Waals surface area contributed by atoms with E-state index in [1.807, 2.05) is 41.3 Å². The SMILES string of the molecule is N#CC(C#N)=Cc1sc(-c2ccc(N(c3ccc(C(=O)O)cc3)c3ccc(C(=O)O)cc3)cc2)c2c1OCCO2. The van der Waals surface area contributed by atoms with E-state index >= 15 is 0 Å². The van der Waals surface area contributed by atoms with Crippen molar-refractivity contribution in [2.24, 2.45) is 0 Å². The second-order valence-corrected chi connectivity index (χ2v) is 9.57. The van der Waals surface area contributed by atoms with Gasteiger partial charge in [-0.2, -0.15) is 10.5 Å². The topological polar surface area (TPSA) is 144 Å². The van der Waals surface area contributed by atoms with Gasteiger partial charge in [0.25, 0.3) is 0 Å². The van der Waals surface area contributed by atoms with Crippen molar-refractivity contribution in [1.29, 1.82) is 10.5 Å². The summed E-state index contributed by atoms with van der Waals surface area (Å²) in [5.74, 6) is -1.03. The first-order chi connectivity index (χ1) is 19.4. The van der Waals surface area contributed by atoms with Gasteiger partial charge < -0.3 is 24.6 Å². The van der Waals surface area contributed by atoms with Crippen LogP contribution in [0, 0.1) is 22.7 Å². The van der Waals surface area contributed by atoms with E-state index in [0.717, 1.165) is 16.1 Å². The van der Waals surface area contributed by atoms with Gasteiger partial charge in [-0.1, -0.05) is 12.1 Å². The van der Waals surface area contributed by atoms with Gasteiger partial charge in [0.15, 0.2) is 11.5 Å². The number of thiophene rings is 1. The number of aromatic carboxylic acids is 2. The smallest absolute Gasteiger partial charge is 0.335 e. The molecule has 1 aliphatic heterocycles. The summed E-state index contributed by atoms with van der Waals surface area (Å²) in [6.07, 6.45) is 1.49. The van der Waals surface area contributed by atoms with E-state index in [1.165, 1.54) is 41.7 Å². The van der Waals surface area contributed by atoms with E-state index in [9.17, 15) is 30.3 Å². The van der Waals surface area contributed by atoms with Gasteiger partial charge in [-0.05, 0) is 72.3 Å². The van der Waals surface area contributed by atoms with E-state index in [0.29, 0.717) is 41.0 Å². The number of carboxylic acid groups (broad SMARTS) is 2. The third kappa shape index (κ3) is 5.07. The van der Waals surface area contributed by atoms with E-state index < -0.39 is 11.9 Å². The van der Waals surface area contributed by atoms with Crippen LogP contribution >= 0.6 is 11.3 Å². The summed E-state index contributed by atoms with van der Waals surface area (Å²) in [6, 6.07) is 24.0. The van der Waals surface area contributed by atoms with Crippen molar-refractivity contribution in [2.45, 2.75) is 0 Å². The first-order valence-electron chi connectivity index (χ1n) is 11.9. The van der Waals surface area contributed by atoms with Gasteiger partial charge in [0.1, 0.15) is 30.9 Å². The molecule has 4 aromatic rings. The van der Waals surface area contributed by atoms with E-state index in [1.54, 1.807) is 24.3 Å². The van der Waals surface area contributed by atoms with Crippen molar-refractivity contribution >= 4 is 46.4 Å². The summed E-state index contributed by atoms with van der Waals surface area (Å²) in [7, 11) is 0. The molecule has 0 amide bonds. The van der Waals surface area contributed by atoms with Gasteiger partial charge in [-0.15, -0.1) is 11.3 Å². The fourth-order valence-corrected chi connectivity index (χ4v) is 5.33. The number of carbonyl (C=O) groups is 2. The monoisotopic (exact) mass is 549 g/mol. The fraction of sp³-hybridized carbons (Fsp3) is 0.0667. The van der Waals surface area contributed by atoms with Crippen molar-refractivity contribution in [3.63, 3.8) is 0 Å². The predicted octanol–water partition coefficient (Wildman–Crippen LogP) is 6.48. The molecule has 2 heterocycles. The number of hydrogen-bond donors (Lipinski definition) is 2. The number of nitriles is 2. The molecule has 0 atom stereocenters. The molecule has 5 rings (SSSR count). The number of benzene rings is 3. The predicted molar refractivity (Wildman–Crippen MR) is 149 cm³/mol. The van der Waals surface area contributed by atoms with Crippen LogP contribution in [0.25, 0.3) is 16.5 Å². The zero-order chi connectivity index (χ0) is 28.2. The zero-order valence-electron chi connectivity index (χ0n) is 20.7. The molecule has 0 fully saturated rings. The van der Waals surface area contributed by atoms with E-state index in [2.05, 4.69) is 0 Å². The van der Waals surface area contributed by atoms with Crippen molar-refractivity contribution in [2.75, 3.05) is 18.1 Å². The Morgan fingerprint density at radius 1 is 0.750 bits per heavy atom. The standard InChI is InChI=1S/C30H19N3O6S/c31-16-18(17-32)15-25-26-27(39-14-13-38-26)28(40-25)19-1-7-22(8-2-19)33(23-9-3-20(4-10-23)29(34)35)24-11-5-21(6-12-24)30(36)37/h1-12,15H,13-14H2,(H,34,35)(H,36,37). The largest absolute Gasteiger partial charge is 0.485 e. The average molecular weight is 550 g/mol. The van der Waals surface area contributed by atoms with Crippen LogP contribution in [-0.4, -0.2) is 35.4 Å². The Morgan fingerprint density at radius 2 is 1.20 bits per heavy atom. The molecule has 196 valence electrons. The molecule has 0 radical (unpaired) electrons. The molecule has 0 aliphatic carbocycles. The van der Waals surface area contributed by atoms with Gasteiger partial charge in [0.2, 0.25) is 0 Å². The molecule has 3 aromatic carbocycles. The summed E-state index contributed by atoms with van der Waals surface area (Å²) < 4.78 is 11.7. The molecule has 1 aromatic heterocycles. The number of hydrogen-bond acceptors (Lipinski definition) is 8. The molecule has 1 aliphatic rings. The normalized spacial score (nSPS) is 11.6. The van der Waals surface area contributed by atoms with Crippen molar-refractivity contribution in [1.82, 2.24) is 0 Å². The lowest BCUT2D eigenvalue weighted by Crippen LogP contribution is -2.15. The van der Waals surface area contributed by atoms with Crippen LogP contribution in [0.15, 0.2) is 78.4 Å². The third-order valence-electron chi connectivity index (χ3n) is 6.07. The van der Waals surface area contributed by atoms with Crippen LogP contribution < -0.4 is 14.4 Å². The maximum atomic E-state index is 11.4. The highest BCUT2D eigenvalue weighted by Crippen LogP contribution is 2.50. The Labute approximate surface area is 232 Å². The average Bonchev–Trinajstić information content (AvgIpc) is 3.35. The highest BCUT2D eigenvalue weighted by atomic mass is 32.1. The maximum absolute atomic E-state index is 11.4. The lowest BCUT2D eigenvalue weighted by Gasteiger charge is -2.26. The molecule has 0 saturated carbocycles. The lowest BCUT2D eigenvalue weighted by molar-refractivity contribution is 0.0686. The minimum Gasteiger partial charge on any atom is -0.485 e. The van der Waals surface area contributed by atoms with Gasteiger partial charge in [0.05, 0.1) is 20.9 Å². The Kier molecular flexibility index (Phi) is 7.18. The Bertz CT molecular complexity index is 1640. The van der Waals surface area contributed by atoms with Crippen LogP contribution in [0.3, 0.4) is 0 Å². The number of ether oxygens (including phenoxy) is 2. The molecule has 0 bridgehead atoms. The van der Waals surface area contributed by atoms with Crippen LogP contribution in [0.4, 0.5) is 17.1 Å². The van der Waals surface area contributed by atoms with Crippen LogP contribution in [0.2, 0.25) is 0 Å². The molecule has 0 spiro atoms. The second-order valence-electron chi connectivity index (χ2n) is 8.52. The van der Waals surface area contributed by atoms with Gasteiger partial charge in [-0.25, -0.2) is 9.59 Å². The maximum Gasteiger partial charge on any atom is 0.335 e. The number of nitrogens with zero attached hydrogens (tertiary/aromatic N) is 3. The zero-order valence-corrected chi connectivity index (χ0v) is 21.5. The van der Waals surface area contributed by atoms with Gasteiger partial charge in [-0.3, -0.25) is 0 Å². The fourth-order valence-electron chi connectivity index (χ4n) is 4.19. The van der Waals surface area contributed by atoms with Crippen molar-refractivity contribution in [3.05, 3.63) is 94.4 Å². The summed E-state index contributed by atoms with van der Waals surface area (Å²) >= 11 is 1.35. The molecule has 0 saturated heterocycles. The molecular weight excluding hydrogens is 530 g/mol. The molecule has 40 heavy (non-hydrogen) atoms. The number of carboxylic acids is 2. The third-order valence-corrected chi connectivity index (χ3v) is 7.22. The molecule has 0 unspecified atom stereocenters. The summed E-state index contributed by atoms with van der Waals surface area (Å²) in [4.78, 5) is 26.0. The van der Waals surface area contributed by atoms with Gasteiger partial charge >= 0.3 is 11.9 Å². The van der Waals surface area contributed by atoms with Crippen molar-refractivity contribution < 1.29 is 29.3 Å². The van der Waals surface area contributed by atoms with E-state index in [4.69, 9.17) is 9.47 Å². The second kappa shape index (κ2) is 11.0. The molecule has 10 heteroatoms. The minimum absolute atomic E-state index is 0.0430. The van der Waals surface area contributed by atoms with Crippen molar-refractivity contribution in [3.8, 4) is 34.1 Å². The summed E-state index contributed by atoms with van der Waals surface area (Å²) in [6.45, 7) is 0.724. The summed E-state index contributed by atoms with van der Waals surface area (Å²) in [5, 5.41) is 37.0. The van der Waals surface area contributed by atoms with Crippen LogP contribution in [0.1, 0.15) is 25.6 Å².